The molecule has 1 nitrogen and oxygen atoms in total. The zero-order valence-corrected chi connectivity index (χ0v) is 7.29. The SMILES string of the molecule is C/C=C/c1ccc(C(C)C)o1. The summed E-state index contributed by atoms with van der Waals surface area (Å²) in [7, 11) is 0. The third-order valence-corrected chi connectivity index (χ3v) is 1.55. The second-order valence-electron chi connectivity index (χ2n) is 2.89. The summed E-state index contributed by atoms with van der Waals surface area (Å²) in [5.41, 5.74) is 0. The molecule has 0 atom stereocenters. The summed E-state index contributed by atoms with van der Waals surface area (Å²) in [6, 6.07) is 4.02. The van der Waals surface area contributed by atoms with Crippen molar-refractivity contribution in [1.82, 2.24) is 0 Å². The third-order valence-electron chi connectivity index (χ3n) is 1.55. The molecule has 0 unspecified atom stereocenters. The lowest BCUT2D eigenvalue weighted by atomic mass is 10.2. The predicted molar refractivity (Wildman–Crippen MR) is 47.5 cm³/mol. The van der Waals surface area contributed by atoms with Crippen LogP contribution in [0.15, 0.2) is 22.6 Å². The number of hydrogen-bond donors (Lipinski definition) is 0. The molecule has 60 valence electrons. The molecule has 0 N–H and O–H groups in total. The van der Waals surface area contributed by atoms with Gasteiger partial charge in [-0.3, -0.25) is 0 Å². The van der Waals surface area contributed by atoms with Crippen molar-refractivity contribution in [2.75, 3.05) is 0 Å². The predicted octanol–water partition coefficient (Wildman–Crippen LogP) is 3.44. The first kappa shape index (κ1) is 8.12. The molecule has 0 bridgehead atoms. The summed E-state index contributed by atoms with van der Waals surface area (Å²) < 4.78 is 5.50. The topological polar surface area (TPSA) is 13.1 Å². The van der Waals surface area contributed by atoms with Gasteiger partial charge in [0.25, 0.3) is 0 Å². The molecule has 0 spiro atoms. The van der Waals surface area contributed by atoms with E-state index in [1.807, 2.05) is 31.2 Å². The molecule has 0 amide bonds. The van der Waals surface area contributed by atoms with Gasteiger partial charge >= 0.3 is 0 Å². The van der Waals surface area contributed by atoms with Crippen molar-refractivity contribution in [3.63, 3.8) is 0 Å². The van der Waals surface area contributed by atoms with Crippen LogP contribution in [0.3, 0.4) is 0 Å². The standard InChI is InChI=1S/C10H14O/c1-4-5-9-6-7-10(11-9)8(2)3/h4-8H,1-3H3/b5-4+. The van der Waals surface area contributed by atoms with Gasteiger partial charge in [0.05, 0.1) is 0 Å². The first-order valence-electron chi connectivity index (χ1n) is 3.96. The fourth-order valence-corrected chi connectivity index (χ4v) is 0.933. The van der Waals surface area contributed by atoms with Gasteiger partial charge in [0, 0.05) is 5.92 Å². The normalized spacial score (nSPS) is 11.6. The van der Waals surface area contributed by atoms with Crippen LogP contribution < -0.4 is 0 Å². The largest absolute Gasteiger partial charge is 0.461 e. The van der Waals surface area contributed by atoms with E-state index in [1.54, 1.807) is 0 Å². The molecule has 1 heterocycles. The molecular weight excluding hydrogens is 136 g/mol. The monoisotopic (exact) mass is 150 g/mol. The van der Waals surface area contributed by atoms with Gasteiger partial charge in [0.1, 0.15) is 11.5 Å². The van der Waals surface area contributed by atoms with Crippen LogP contribution in [-0.2, 0) is 0 Å². The molecule has 1 rings (SSSR count). The third kappa shape index (κ3) is 1.97. The van der Waals surface area contributed by atoms with Crippen LogP contribution in [-0.4, -0.2) is 0 Å². The first-order valence-corrected chi connectivity index (χ1v) is 3.96. The van der Waals surface area contributed by atoms with Crippen LogP contribution in [0.1, 0.15) is 38.2 Å². The molecule has 1 heteroatoms. The van der Waals surface area contributed by atoms with Crippen molar-refractivity contribution in [3.05, 3.63) is 29.7 Å². The average molecular weight is 150 g/mol. The number of allylic oxidation sites excluding steroid dienone is 1. The van der Waals surface area contributed by atoms with Crippen molar-refractivity contribution >= 4 is 6.08 Å². The van der Waals surface area contributed by atoms with Crippen LogP contribution in [0.2, 0.25) is 0 Å². The number of rotatable bonds is 2. The van der Waals surface area contributed by atoms with Gasteiger partial charge < -0.3 is 4.42 Å². The lowest BCUT2D eigenvalue weighted by molar-refractivity contribution is 0.479. The Morgan fingerprint density at radius 2 is 2.09 bits per heavy atom. The van der Waals surface area contributed by atoms with Gasteiger partial charge in [-0.25, -0.2) is 0 Å². The molecule has 0 saturated carbocycles. The Hall–Kier alpha value is -0.980. The molecule has 0 aliphatic heterocycles. The van der Waals surface area contributed by atoms with E-state index in [1.165, 1.54) is 0 Å². The zero-order chi connectivity index (χ0) is 8.27. The van der Waals surface area contributed by atoms with Crippen LogP contribution >= 0.6 is 0 Å². The molecule has 11 heavy (non-hydrogen) atoms. The quantitative estimate of drug-likeness (QED) is 0.629. The second-order valence-corrected chi connectivity index (χ2v) is 2.89. The van der Waals surface area contributed by atoms with Crippen molar-refractivity contribution in [2.45, 2.75) is 26.7 Å². The summed E-state index contributed by atoms with van der Waals surface area (Å²) in [5, 5.41) is 0. The van der Waals surface area contributed by atoms with Gasteiger partial charge in [0.15, 0.2) is 0 Å². The van der Waals surface area contributed by atoms with Crippen LogP contribution in [0.4, 0.5) is 0 Å². The van der Waals surface area contributed by atoms with E-state index in [4.69, 9.17) is 4.42 Å². The van der Waals surface area contributed by atoms with Crippen molar-refractivity contribution < 1.29 is 4.42 Å². The van der Waals surface area contributed by atoms with E-state index in [-0.39, 0.29) is 0 Å². The van der Waals surface area contributed by atoms with Gasteiger partial charge in [0.2, 0.25) is 0 Å². The highest BCUT2D eigenvalue weighted by Crippen LogP contribution is 2.17. The highest BCUT2D eigenvalue weighted by molar-refractivity contribution is 5.42. The lowest BCUT2D eigenvalue weighted by Gasteiger charge is -1.96. The minimum atomic E-state index is 0.481. The molecule has 0 aromatic carbocycles. The van der Waals surface area contributed by atoms with Gasteiger partial charge in [-0.2, -0.15) is 0 Å². The lowest BCUT2D eigenvalue weighted by Crippen LogP contribution is -1.80. The van der Waals surface area contributed by atoms with E-state index in [2.05, 4.69) is 13.8 Å². The summed E-state index contributed by atoms with van der Waals surface area (Å²) >= 11 is 0. The zero-order valence-electron chi connectivity index (χ0n) is 7.29. The minimum Gasteiger partial charge on any atom is -0.461 e. The number of hydrogen-bond acceptors (Lipinski definition) is 1. The molecule has 0 aliphatic carbocycles. The fourth-order valence-electron chi connectivity index (χ4n) is 0.933. The van der Waals surface area contributed by atoms with Crippen LogP contribution in [0.5, 0.6) is 0 Å². The summed E-state index contributed by atoms with van der Waals surface area (Å²) in [6.45, 7) is 6.23. The molecule has 0 fully saturated rings. The first-order chi connectivity index (χ1) is 5.24. The van der Waals surface area contributed by atoms with E-state index in [0.29, 0.717) is 5.92 Å². The Morgan fingerprint density at radius 3 is 2.55 bits per heavy atom. The Labute approximate surface area is 67.7 Å². The smallest absolute Gasteiger partial charge is 0.126 e. The maximum Gasteiger partial charge on any atom is 0.126 e. The summed E-state index contributed by atoms with van der Waals surface area (Å²) in [4.78, 5) is 0. The van der Waals surface area contributed by atoms with Gasteiger partial charge in [-0.15, -0.1) is 0 Å². The van der Waals surface area contributed by atoms with Gasteiger partial charge in [-0.1, -0.05) is 19.9 Å². The summed E-state index contributed by atoms with van der Waals surface area (Å²) in [6.07, 6.45) is 3.94. The Balaban J connectivity index is 2.81. The average Bonchev–Trinajstić information content (AvgIpc) is 2.37. The van der Waals surface area contributed by atoms with E-state index in [9.17, 15) is 0 Å². The van der Waals surface area contributed by atoms with Crippen LogP contribution in [0, 0.1) is 0 Å². The molecule has 0 radical (unpaired) electrons. The molecule has 0 aliphatic rings. The summed E-state index contributed by atoms with van der Waals surface area (Å²) in [5.74, 6) is 2.48. The highest BCUT2D eigenvalue weighted by Gasteiger charge is 2.02. The van der Waals surface area contributed by atoms with Gasteiger partial charge in [-0.05, 0) is 25.1 Å². The highest BCUT2D eigenvalue weighted by atomic mass is 16.3. The molecule has 1 aromatic heterocycles. The fraction of sp³-hybridized carbons (Fsp3) is 0.400. The van der Waals surface area contributed by atoms with Crippen LogP contribution in [0.25, 0.3) is 6.08 Å². The number of furan rings is 1. The van der Waals surface area contributed by atoms with E-state index >= 15 is 0 Å². The maximum absolute atomic E-state index is 5.50. The molecular formula is C10H14O. The second kappa shape index (κ2) is 3.42. The van der Waals surface area contributed by atoms with Crippen molar-refractivity contribution in [3.8, 4) is 0 Å². The van der Waals surface area contributed by atoms with E-state index < -0.39 is 0 Å². The Kier molecular flexibility index (Phi) is 2.53. The van der Waals surface area contributed by atoms with Crippen molar-refractivity contribution in [2.24, 2.45) is 0 Å². The molecule has 1 aromatic rings. The molecule has 0 saturated heterocycles. The maximum atomic E-state index is 5.50. The Morgan fingerprint density at radius 1 is 1.36 bits per heavy atom. The van der Waals surface area contributed by atoms with Crippen molar-refractivity contribution in [1.29, 1.82) is 0 Å². The minimum absolute atomic E-state index is 0.481. The Bertz CT molecular complexity index is 243. The van der Waals surface area contributed by atoms with E-state index in [0.717, 1.165) is 11.5 Å².